The van der Waals surface area contributed by atoms with Crippen LogP contribution in [-0.2, 0) is 0 Å². The first-order valence-corrected chi connectivity index (χ1v) is 4.90. The van der Waals surface area contributed by atoms with Crippen molar-refractivity contribution in [1.29, 1.82) is 0 Å². The molecule has 0 spiro atoms. The summed E-state index contributed by atoms with van der Waals surface area (Å²) >= 11 is 1.13. The summed E-state index contributed by atoms with van der Waals surface area (Å²) in [7, 11) is 0. The van der Waals surface area contributed by atoms with Crippen LogP contribution in [0.3, 0.4) is 0 Å². The summed E-state index contributed by atoms with van der Waals surface area (Å²) in [4.78, 5) is 10.6. The number of benzene rings is 1. The highest BCUT2D eigenvalue weighted by molar-refractivity contribution is 7.99. The zero-order valence-corrected chi connectivity index (χ0v) is 8.20. The van der Waals surface area contributed by atoms with E-state index in [1.54, 1.807) is 6.92 Å². The second kappa shape index (κ2) is 4.41. The lowest BCUT2D eigenvalue weighted by atomic mass is 10.2. The molecule has 5 heteroatoms. The maximum Gasteiger partial charge on any atom is 0.338 e. The molecule has 1 aromatic carbocycles. The zero-order chi connectivity index (χ0) is 10.7. The number of halogens is 2. The number of carboxylic acid groups (broad SMARTS) is 1. The average Bonchev–Trinajstić information content (AvgIpc) is 2.13. The Kier molecular flexibility index (Phi) is 3.46. The zero-order valence-electron chi connectivity index (χ0n) is 7.38. The molecule has 0 heterocycles. The van der Waals surface area contributed by atoms with Gasteiger partial charge in [0.2, 0.25) is 0 Å². The summed E-state index contributed by atoms with van der Waals surface area (Å²) in [6, 6.07) is 2.34. The quantitative estimate of drug-likeness (QED) is 0.792. The molecule has 0 atom stereocenters. The molecule has 0 fully saturated rings. The van der Waals surface area contributed by atoms with Crippen LogP contribution in [0.5, 0.6) is 0 Å². The van der Waals surface area contributed by atoms with Crippen LogP contribution in [0.25, 0.3) is 0 Å². The van der Waals surface area contributed by atoms with Crippen molar-refractivity contribution in [2.45, 2.75) is 11.8 Å². The lowest BCUT2D eigenvalue weighted by Gasteiger charge is -2.03. The van der Waals surface area contributed by atoms with Crippen LogP contribution in [0, 0.1) is 11.6 Å². The molecule has 0 amide bonds. The van der Waals surface area contributed by atoms with E-state index in [1.807, 2.05) is 0 Å². The minimum absolute atomic E-state index is 0.134. The van der Waals surface area contributed by atoms with Crippen LogP contribution in [-0.4, -0.2) is 16.8 Å². The Labute approximate surface area is 83.9 Å². The molecule has 1 N–H and O–H groups in total. The summed E-state index contributed by atoms with van der Waals surface area (Å²) in [6.07, 6.45) is 0. The molecule has 0 saturated heterocycles. The van der Waals surface area contributed by atoms with Crippen LogP contribution in [0.4, 0.5) is 8.78 Å². The van der Waals surface area contributed by atoms with E-state index in [9.17, 15) is 13.6 Å². The molecule has 0 aliphatic carbocycles. The number of hydrogen-bond acceptors (Lipinski definition) is 2. The molecule has 2 nitrogen and oxygen atoms in total. The number of carboxylic acids is 1. The molecule has 14 heavy (non-hydrogen) atoms. The molecular formula is C9H8F2O2S. The summed E-state index contributed by atoms with van der Waals surface area (Å²) in [6.45, 7) is 1.80. The first kappa shape index (κ1) is 11.0. The van der Waals surface area contributed by atoms with Gasteiger partial charge in [-0.1, -0.05) is 6.92 Å². The Balaban J connectivity index is 3.19. The van der Waals surface area contributed by atoms with Gasteiger partial charge in [-0.05, 0) is 17.9 Å². The van der Waals surface area contributed by atoms with Crippen molar-refractivity contribution in [3.8, 4) is 0 Å². The summed E-state index contributed by atoms with van der Waals surface area (Å²) in [5, 5.41) is 8.50. The average molecular weight is 218 g/mol. The molecule has 0 bridgehead atoms. The maximum atomic E-state index is 13.2. The number of aromatic carboxylic acids is 1. The summed E-state index contributed by atoms with van der Waals surface area (Å²) in [5.41, 5.74) is -0.636. The van der Waals surface area contributed by atoms with E-state index in [0.717, 1.165) is 17.8 Å². The monoisotopic (exact) mass is 218 g/mol. The van der Waals surface area contributed by atoms with E-state index < -0.39 is 23.2 Å². The minimum Gasteiger partial charge on any atom is -0.478 e. The normalized spacial score (nSPS) is 10.2. The van der Waals surface area contributed by atoms with Gasteiger partial charge in [-0.3, -0.25) is 0 Å². The number of rotatable bonds is 3. The fraction of sp³-hybridized carbons (Fsp3) is 0.222. The maximum absolute atomic E-state index is 13.2. The topological polar surface area (TPSA) is 37.3 Å². The molecule has 0 aliphatic heterocycles. The van der Waals surface area contributed by atoms with Crippen molar-refractivity contribution in [1.82, 2.24) is 0 Å². The lowest BCUT2D eigenvalue weighted by Crippen LogP contribution is -2.03. The van der Waals surface area contributed by atoms with Crippen molar-refractivity contribution in [3.05, 3.63) is 29.3 Å². The van der Waals surface area contributed by atoms with E-state index in [1.165, 1.54) is 6.07 Å². The molecule has 0 aromatic heterocycles. The Hall–Kier alpha value is -1.10. The third kappa shape index (κ3) is 2.04. The van der Waals surface area contributed by atoms with Gasteiger partial charge in [0, 0.05) is 4.90 Å². The van der Waals surface area contributed by atoms with Gasteiger partial charge < -0.3 is 5.11 Å². The van der Waals surface area contributed by atoms with Gasteiger partial charge in [0.05, 0.1) is 5.56 Å². The van der Waals surface area contributed by atoms with Crippen LogP contribution >= 0.6 is 11.8 Å². The third-order valence-corrected chi connectivity index (χ3v) is 2.49. The smallest absolute Gasteiger partial charge is 0.338 e. The van der Waals surface area contributed by atoms with E-state index in [4.69, 9.17) is 5.11 Å². The highest BCUT2D eigenvalue weighted by Gasteiger charge is 2.17. The van der Waals surface area contributed by atoms with Crippen molar-refractivity contribution in [2.24, 2.45) is 0 Å². The predicted molar refractivity (Wildman–Crippen MR) is 49.7 cm³/mol. The van der Waals surface area contributed by atoms with Crippen LogP contribution in [0.2, 0.25) is 0 Å². The number of hydrogen-bond donors (Lipinski definition) is 1. The second-order valence-corrected chi connectivity index (χ2v) is 3.78. The molecule has 1 aromatic rings. The largest absolute Gasteiger partial charge is 0.478 e. The van der Waals surface area contributed by atoms with Crippen molar-refractivity contribution >= 4 is 17.7 Å². The highest BCUT2D eigenvalue weighted by atomic mass is 32.2. The molecule has 76 valence electrons. The van der Waals surface area contributed by atoms with E-state index >= 15 is 0 Å². The predicted octanol–water partition coefficient (Wildman–Crippen LogP) is 2.78. The van der Waals surface area contributed by atoms with Gasteiger partial charge in [0.25, 0.3) is 0 Å². The van der Waals surface area contributed by atoms with Crippen LogP contribution in [0.15, 0.2) is 17.0 Å². The fourth-order valence-electron chi connectivity index (χ4n) is 0.964. The first-order chi connectivity index (χ1) is 6.57. The van der Waals surface area contributed by atoms with Gasteiger partial charge in [0.15, 0.2) is 11.6 Å². The first-order valence-electron chi connectivity index (χ1n) is 3.92. The third-order valence-electron chi connectivity index (χ3n) is 1.58. The van der Waals surface area contributed by atoms with E-state index in [-0.39, 0.29) is 4.90 Å². The molecule has 1 rings (SSSR count). The Morgan fingerprint density at radius 1 is 1.43 bits per heavy atom. The van der Waals surface area contributed by atoms with Gasteiger partial charge in [-0.15, -0.1) is 11.8 Å². The molecule has 0 unspecified atom stereocenters. The van der Waals surface area contributed by atoms with Gasteiger partial charge in [-0.25, -0.2) is 13.6 Å². The van der Waals surface area contributed by atoms with Crippen LogP contribution in [0.1, 0.15) is 17.3 Å². The molecular weight excluding hydrogens is 210 g/mol. The highest BCUT2D eigenvalue weighted by Crippen LogP contribution is 2.25. The molecule has 0 saturated carbocycles. The number of thioether (sulfide) groups is 1. The second-order valence-electron chi connectivity index (χ2n) is 2.48. The lowest BCUT2D eigenvalue weighted by molar-refractivity contribution is 0.0690. The van der Waals surface area contributed by atoms with Gasteiger partial charge in [0.1, 0.15) is 0 Å². The summed E-state index contributed by atoms with van der Waals surface area (Å²) in [5.74, 6) is -3.25. The van der Waals surface area contributed by atoms with Crippen LogP contribution < -0.4 is 0 Å². The Morgan fingerprint density at radius 3 is 2.57 bits per heavy atom. The minimum atomic E-state index is -1.46. The van der Waals surface area contributed by atoms with Crippen molar-refractivity contribution in [2.75, 3.05) is 5.75 Å². The van der Waals surface area contributed by atoms with Crippen molar-refractivity contribution < 1.29 is 18.7 Å². The van der Waals surface area contributed by atoms with E-state index in [2.05, 4.69) is 0 Å². The Bertz CT molecular complexity index is 366. The Morgan fingerprint density at radius 2 is 2.07 bits per heavy atom. The number of carbonyl (C=O) groups is 1. The van der Waals surface area contributed by atoms with Crippen molar-refractivity contribution in [3.63, 3.8) is 0 Å². The molecule has 0 aliphatic rings. The molecule has 0 radical (unpaired) electrons. The van der Waals surface area contributed by atoms with Gasteiger partial charge in [-0.2, -0.15) is 0 Å². The standard InChI is InChI=1S/C9H8F2O2S/c1-2-14-6-4-3-5(9(12)13)7(10)8(6)11/h3-4H,2H2,1H3,(H,12,13). The SMILES string of the molecule is CCSc1ccc(C(=O)O)c(F)c1F. The fourth-order valence-corrected chi connectivity index (χ4v) is 1.66. The van der Waals surface area contributed by atoms with E-state index in [0.29, 0.717) is 5.75 Å². The van der Waals surface area contributed by atoms with Gasteiger partial charge >= 0.3 is 5.97 Å². The summed E-state index contributed by atoms with van der Waals surface area (Å²) < 4.78 is 26.2.